The summed E-state index contributed by atoms with van der Waals surface area (Å²) in [4.78, 5) is 25.4. The lowest BCUT2D eigenvalue weighted by atomic mass is 10.1. The van der Waals surface area contributed by atoms with Crippen LogP contribution in [-0.2, 0) is 7.05 Å². The molecule has 2 amide bonds. The molecule has 0 saturated carbocycles. The van der Waals surface area contributed by atoms with Crippen LogP contribution in [0, 0.1) is 0 Å². The highest BCUT2D eigenvalue weighted by Gasteiger charge is 2.18. The summed E-state index contributed by atoms with van der Waals surface area (Å²) >= 11 is 12.8. The average Bonchev–Trinajstić information content (AvgIpc) is 3.15. The van der Waals surface area contributed by atoms with Gasteiger partial charge in [-0.1, -0.05) is 71.7 Å². The normalized spacial score (nSPS) is 11.6. The lowest BCUT2D eigenvalue weighted by molar-refractivity contribution is 0.0944. The average molecular weight is 574 g/mol. The number of fused-ring (bicyclic) bond motifs is 2. The molecule has 40 heavy (non-hydrogen) atoms. The molecule has 0 aliphatic carbocycles. The molecule has 4 aromatic carbocycles. The molecule has 0 spiro atoms. The fourth-order valence-corrected chi connectivity index (χ4v) is 4.68. The highest BCUT2D eigenvalue weighted by atomic mass is 35.5. The summed E-state index contributed by atoms with van der Waals surface area (Å²) in [5, 5.41) is 32.1. The standard InChI is InChI=1S/C29H21Cl2N5O4/c1-36-26(30)22(14-32-34-28(39)20-10-16-6-2-4-8-18(16)12-24(20)37)23(27(36)31)15-33-35-29(40)21-11-17-7-3-5-9-19(17)13-25(21)38/h2-15,37-38H,1H3,(H,34,39)(H,35,40)/b32-14-,33-15-. The fraction of sp³-hybridized carbons (Fsp3) is 0.0345. The maximum Gasteiger partial charge on any atom is 0.275 e. The van der Waals surface area contributed by atoms with Gasteiger partial charge in [0.05, 0.1) is 23.6 Å². The van der Waals surface area contributed by atoms with Crippen molar-refractivity contribution < 1.29 is 19.8 Å². The number of hydrazone groups is 2. The van der Waals surface area contributed by atoms with Crippen molar-refractivity contribution in [1.82, 2.24) is 15.4 Å². The van der Waals surface area contributed by atoms with E-state index in [1.807, 2.05) is 48.5 Å². The summed E-state index contributed by atoms with van der Waals surface area (Å²) in [5.41, 5.74) is 5.49. The molecule has 0 unspecified atom stereocenters. The highest BCUT2D eigenvalue weighted by molar-refractivity contribution is 6.38. The van der Waals surface area contributed by atoms with Crippen molar-refractivity contribution in [3.8, 4) is 11.5 Å². The number of aromatic nitrogens is 1. The number of benzene rings is 4. The number of hydrogen-bond acceptors (Lipinski definition) is 6. The number of aromatic hydroxyl groups is 2. The number of phenols is 2. The van der Waals surface area contributed by atoms with Crippen molar-refractivity contribution >= 4 is 69.0 Å². The van der Waals surface area contributed by atoms with Crippen LogP contribution in [-0.4, -0.2) is 39.0 Å². The molecule has 5 aromatic rings. The molecule has 1 aromatic heterocycles. The van der Waals surface area contributed by atoms with Gasteiger partial charge in [0, 0.05) is 18.2 Å². The topological polar surface area (TPSA) is 128 Å². The van der Waals surface area contributed by atoms with Gasteiger partial charge in [-0.05, 0) is 45.8 Å². The van der Waals surface area contributed by atoms with Crippen LogP contribution in [0.1, 0.15) is 31.8 Å². The lowest BCUT2D eigenvalue weighted by Crippen LogP contribution is -2.18. The molecule has 0 atom stereocenters. The number of rotatable bonds is 6. The predicted molar refractivity (Wildman–Crippen MR) is 157 cm³/mol. The van der Waals surface area contributed by atoms with Gasteiger partial charge in [-0.2, -0.15) is 10.2 Å². The predicted octanol–water partition coefficient (Wildman–Crippen LogP) is 5.58. The van der Waals surface area contributed by atoms with Gasteiger partial charge in [0.2, 0.25) is 0 Å². The van der Waals surface area contributed by atoms with Crippen molar-refractivity contribution in [2.24, 2.45) is 17.3 Å². The zero-order chi connectivity index (χ0) is 28.4. The van der Waals surface area contributed by atoms with Crippen LogP contribution in [0.4, 0.5) is 0 Å². The smallest absolute Gasteiger partial charge is 0.275 e. The van der Waals surface area contributed by atoms with Crippen LogP contribution in [0.2, 0.25) is 10.3 Å². The fourth-order valence-electron chi connectivity index (χ4n) is 4.17. The highest BCUT2D eigenvalue weighted by Crippen LogP contribution is 2.29. The molecular weight excluding hydrogens is 553 g/mol. The second-order valence-corrected chi connectivity index (χ2v) is 9.52. The van der Waals surface area contributed by atoms with Crippen molar-refractivity contribution in [2.45, 2.75) is 0 Å². The van der Waals surface area contributed by atoms with E-state index < -0.39 is 11.8 Å². The Kier molecular flexibility index (Phi) is 7.41. The molecule has 5 rings (SSSR count). The molecule has 0 saturated heterocycles. The van der Waals surface area contributed by atoms with Gasteiger partial charge in [0.1, 0.15) is 21.8 Å². The lowest BCUT2D eigenvalue weighted by Gasteiger charge is -2.06. The van der Waals surface area contributed by atoms with Crippen LogP contribution in [0.5, 0.6) is 11.5 Å². The van der Waals surface area contributed by atoms with E-state index in [4.69, 9.17) is 23.2 Å². The third kappa shape index (κ3) is 5.20. The van der Waals surface area contributed by atoms with Crippen molar-refractivity contribution in [2.75, 3.05) is 0 Å². The van der Waals surface area contributed by atoms with E-state index in [0.717, 1.165) is 21.5 Å². The number of phenolic OH excluding ortho intramolecular Hbond substituents is 2. The third-order valence-corrected chi connectivity index (χ3v) is 7.17. The summed E-state index contributed by atoms with van der Waals surface area (Å²) in [6.07, 6.45) is 2.56. The number of carbonyl (C=O) groups excluding carboxylic acids is 2. The van der Waals surface area contributed by atoms with E-state index in [9.17, 15) is 19.8 Å². The third-order valence-electron chi connectivity index (χ3n) is 6.26. The molecule has 0 fully saturated rings. The number of amides is 2. The van der Waals surface area contributed by atoms with Crippen LogP contribution in [0.15, 0.2) is 83.0 Å². The van der Waals surface area contributed by atoms with E-state index in [1.165, 1.54) is 29.1 Å². The van der Waals surface area contributed by atoms with E-state index >= 15 is 0 Å². The van der Waals surface area contributed by atoms with Crippen LogP contribution >= 0.6 is 23.2 Å². The molecule has 200 valence electrons. The Bertz CT molecular complexity index is 1730. The zero-order valence-electron chi connectivity index (χ0n) is 20.9. The van der Waals surface area contributed by atoms with E-state index in [2.05, 4.69) is 21.1 Å². The molecule has 9 nitrogen and oxygen atoms in total. The molecule has 0 aliphatic rings. The van der Waals surface area contributed by atoms with Gasteiger partial charge in [-0.15, -0.1) is 0 Å². The quantitative estimate of drug-likeness (QED) is 0.156. The Labute approximate surface area is 238 Å². The Morgan fingerprint density at radius 2 is 1.05 bits per heavy atom. The van der Waals surface area contributed by atoms with Gasteiger partial charge in [-0.3, -0.25) is 9.59 Å². The monoisotopic (exact) mass is 573 g/mol. The molecule has 11 heteroatoms. The number of halogens is 2. The summed E-state index contributed by atoms with van der Waals surface area (Å²) in [6.45, 7) is 0. The second-order valence-electron chi connectivity index (χ2n) is 8.80. The molecule has 1 heterocycles. The Morgan fingerprint density at radius 3 is 1.43 bits per heavy atom. The number of hydrogen-bond donors (Lipinski definition) is 4. The van der Waals surface area contributed by atoms with Crippen molar-refractivity contribution in [1.29, 1.82) is 0 Å². The van der Waals surface area contributed by atoms with E-state index in [0.29, 0.717) is 11.1 Å². The minimum absolute atomic E-state index is 0.0504. The molecule has 0 aliphatic heterocycles. The van der Waals surface area contributed by atoms with Gasteiger partial charge in [0.15, 0.2) is 0 Å². The number of carbonyl (C=O) groups is 2. The van der Waals surface area contributed by atoms with Crippen molar-refractivity contribution in [3.05, 3.63) is 105 Å². The van der Waals surface area contributed by atoms with Crippen LogP contribution in [0.3, 0.4) is 0 Å². The molecular formula is C29H21Cl2N5O4. The summed E-state index contributed by atoms with van der Waals surface area (Å²) in [6, 6.07) is 20.8. The first kappa shape index (κ1) is 26.7. The van der Waals surface area contributed by atoms with Crippen LogP contribution in [0.25, 0.3) is 21.5 Å². The second kappa shape index (κ2) is 11.1. The SMILES string of the molecule is Cn1c(Cl)c(/C=N\NC(=O)c2cc3ccccc3cc2O)c(/C=N\NC(=O)c2cc3ccccc3cc2O)c1Cl. The first-order valence-electron chi connectivity index (χ1n) is 11.9. The van der Waals surface area contributed by atoms with Gasteiger partial charge in [-0.25, -0.2) is 10.9 Å². The van der Waals surface area contributed by atoms with Crippen molar-refractivity contribution in [3.63, 3.8) is 0 Å². The zero-order valence-corrected chi connectivity index (χ0v) is 22.4. The summed E-state index contributed by atoms with van der Waals surface area (Å²) in [5.74, 6) is -1.63. The Balaban J connectivity index is 1.33. The van der Waals surface area contributed by atoms with Crippen LogP contribution < -0.4 is 10.9 Å². The van der Waals surface area contributed by atoms with E-state index in [1.54, 1.807) is 19.2 Å². The minimum Gasteiger partial charge on any atom is -0.507 e. The van der Waals surface area contributed by atoms with E-state index in [-0.39, 0.29) is 32.9 Å². The Hall–Kier alpha value is -4.86. The summed E-state index contributed by atoms with van der Waals surface area (Å²) in [7, 11) is 1.62. The van der Waals surface area contributed by atoms with Gasteiger partial charge < -0.3 is 14.8 Å². The molecule has 4 N–H and O–H groups in total. The van der Waals surface area contributed by atoms with Gasteiger partial charge >= 0.3 is 0 Å². The minimum atomic E-state index is -0.629. The largest absolute Gasteiger partial charge is 0.507 e. The maximum absolute atomic E-state index is 12.7. The molecule has 0 radical (unpaired) electrons. The first-order chi connectivity index (χ1) is 19.2. The molecule has 0 bridgehead atoms. The van der Waals surface area contributed by atoms with Gasteiger partial charge in [0.25, 0.3) is 11.8 Å². The Morgan fingerprint density at radius 1 is 0.700 bits per heavy atom. The maximum atomic E-state index is 12.7. The summed E-state index contributed by atoms with van der Waals surface area (Å²) < 4.78 is 1.47. The first-order valence-corrected chi connectivity index (χ1v) is 12.6. The number of nitrogens with zero attached hydrogens (tertiary/aromatic N) is 3. The number of nitrogens with one attached hydrogen (secondary N) is 2.